The number of carbonyl (C=O) groups is 1. The molecule has 3 heterocycles. The van der Waals surface area contributed by atoms with Gasteiger partial charge in [-0.3, -0.25) is 4.90 Å². The fourth-order valence-electron chi connectivity index (χ4n) is 3.70. The molecule has 0 unspecified atom stereocenters. The molecule has 6 nitrogen and oxygen atoms in total. The van der Waals surface area contributed by atoms with Crippen molar-refractivity contribution in [2.24, 2.45) is 0 Å². The molecule has 1 saturated heterocycles. The first-order valence-corrected chi connectivity index (χ1v) is 10.4. The third-order valence-corrected chi connectivity index (χ3v) is 6.47. The van der Waals surface area contributed by atoms with Crippen LogP contribution < -0.4 is 5.32 Å². The Morgan fingerprint density at radius 1 is 1.36 bits per heavy atom. The molecule has 0 spiro atoms. The Labute approximate surface area is 172 Å². The van der Waals surface area contributed by atoms with Crippen molar-refractivity contribution < 1.29 is 9.90 Å². The van der Waals surface area contributed by atoms with E-state index < -0.39 is 5.97 Å². The van der Waals surface area contributed by atoms with Gasteiger partial charge >= 0.3 is 5.97 Å². The molecule has 28 heavy (non-hydrogen) atoms. The number of carboxylic acid groups (broad SMARTS) is 1. The van der Waals surface area contributed by atoms with Gasteiger partial charge in [-0.25, -0.2) is 14.8 Å². The molecule has 1 aliphatic rings. The van der Waals surface area contributed by atoms with Gasteiger partial charge in [0.05, 0.1) is 15.3 Å². The number of hydrogen-bond donors (Lipinski definition) is 2. The van der Waals surface area contributed by atoms with Crippen molar-refractivity contribution in [3.63, 3.8) is 0 Å². The lowest BCUT2D eigenvalue weighted by Crippen LogP contribution is -2.39. The number of aromatic carboxylic acids is 1. The largest absolute Gasteiger partial charge is 0.478 e. The molecule has 1 aromatic carbocycles. The third-order valence-electron chi connectivity index (χ3n) is 5.30. The van der Waals surface area contributed by atoms with Gasteiger partial charge in [0.25, 0.3) is 0 Å². The number of thiophene rings is 1. The number of rotatable bonds is 5. The number of nitrogens with one attached hydrogen (secondary N) is 1. The molecule has 0 bridgehead atoms. The number of fused-ring (bicyclic) bond motifs is 1. The number of halogens is 1. The van der Waals surface area contributed by atoms with Gasteiger partial charge in [0.1, 0.15) is 17.0 Å². The highest BCUT2D eigenvalue weighted by molar-refractivity contribution is 7.22. The van der Waals surface area contributed by atoms with Crippen LogP contribution in [0.2, 0.25) is 4.34 Å². The summed E-state index contributed by atoms with van der Waals surface area (Å²) in [4.78, 5) is 23.3. The molecule has 1 aliphatic heterocycles. The normalized spacial score (nSPS) is 15.8. The van der Waals surface area contributed by atoms with Crippen molar-refractivity contribution in [2.75, 3.05) is 18.4 Å². The van der Waals surface area contributed by atoms with Gasteiger partial charge in [-0.1, -0.05) is 23.7 Å². The second kappa shape index (κ2) is 8.03. The third kappa shape index (κ3) is 3.97. The number of carboxylic acids is 1. The van der Waals surface area contributed by atoms with E-state index in [1.165, 1.54) is 11.3 Å². The molecule has 2 aromatic heterocycles. The fourth-order valence-corrected chi connectivity index (χ4v) is 4.75. The predicted molar refractivity (Wildman–Crippen MR) is 112 cm³/mol. The van der Waals surface area contributed by atoms with Crippen LogP contribution in [0.25, 0.3) is 10.2 Å². The van der Waals surface area contributed by atoms with E-state index in [9.17, 15) is 9.90 Å². The number of piperidine rings is 1. The Balaban J connectivity index is 1.39. The van der Waals surface area contributed by atoms with Crippen LogP contribution in [0.15, 0.2) is 30.6 Å². The maximum absolute atomic E-state index is 11.3. The average molecular weight is 417 g/mol. The average Bonchev–Trinajstić information content (AvgIpc) is 3.06. The molecule has 3 aromatic rings. The summed E-state index contributed by atoms with van der Waals surface area (Å²) in [5.41, 5.74) is 2.32. The van der Waals surface area contributed by atoms with E-state index in [2.05, 4.69) is 20.2 Å². The van der Waals surface area contributed by atoms with Gasteiger partial charge < -0.3 is 10.4 Å². The first kappa shape index (κ1) is 19.1. The standard InChI is InChI=1S/C20H21ClN4O2S/c1-12-13(3-2-4-15(12)20(26)27)10-25-7-5-14(6-8-25)24-18-16-9-17(21)28-19(16)23-11-22-18/h2-4,9,11,14H,5-8,10H2,1H3,(H,26,27)(H,22,23,24). The monoisotopic (exact) mass is 416 g/mol. The zero-order valence-corrected chi connectivity index (χ0v) is 17.1. The minimum atomic E-state index is -0.869. The summed E-state index contributed by atoms with van der Waals surface area (Å²) in [5.74, 6) is -0.0245. The van der Waals surface area contributed by atoms with Crippen LogP contribution in [-0.2, 0) is 6.54 Å². The van der Waals surface area contributed by atoms with Crippen molar-refractivity contribution >= 4 is 44.9 Å². The molecule has 2 N–H and O–H groups in total. The lowest BCUT2D eigenvalue weighted by atomic mass is 10.00. The van der Waals surface area contributed by atoms with Gasteiger partial charge in [-0.05, 0) is 43.0 Å². The maximum Gasteiger partial charge on any atom is 0.335 e. The Bertz CT molecular complexity index is 1010. The van der Waals surface area contributed by atoms with Gasteiger partial charge in [-0.15, -0.1) is 11.3 Å². The Morgan fingerprint density at radius 2 is 2.14 bits per heavy atom. The summed E-state index contributed by atoms with van der Waals surface area (Å²) in [6.45, 7) is 4.57. The minimum absolute atomic E-state index is 0.347. The van der Waals surface area contributed by atoms with Crippen molar-refractivity contribution in [3.05, 3.63) is 51.6 Å². The zero-order chi connectivity index (χ0) is 19.7. The topological polar surface area (TPSA) is 78.3 Å². The van der Waals surface area contributed by atoms with Crippen molar-refractivity contribution in [3.8, 4) is 0 Å². The van der Waals surface area contributed by atoms with Gasteiger partial charge in [0.15, 0.2) is 0 Å². The van der Waals surface area contributed by atoms with Gasteiger partial charge in [0, 0.05) is 25.7 Å². The van der Waals surface area contributed by atoms with Crippen molar-refractivity contribution in [1.29, 1.82) is 0 Å². The van der Waals surface area contributed by atoms with Crippen LogP contribution >= 0.6 is 22.9 Å². The van der Waals surface area contributed by atoms with Crippen molar-refractivity contribution in [2.45, 2.75) is 32.4 Å². The summed E-state index contributed by atoms with van der Waals surface area (Å²) >= 11 is 7.58. The number of nitrogens with zero attached hydrogens (tertiary/aromatic N) is 3. The van der Waals surface area contributed by atoms with E-state index in [0.29, 0.717) is 15.9 Å². The lowest BCUT2D eigenvalue weighted by molar-refractivity contribution is 0.0696. The van der Waals surface area contributed by atoms with Gasteiger partial charge in [0.2, 0.25) is 0 Å². The molecular formula is C20H21ClN4O2S. The van der Waals surface area contributed by atoms with Crippen molar-refractivity contribution in [1.82, 2.24) is 14.9 Å². The van der Waals surface area contributed by atoms with Crippen LogP contribution in [0.4, 0.5) is 5.82 Å². The van der Waals surface area contributed by atoms with E-state index in [0.717, 1.165) is 59.6 Å². The first-order valence-electron chi connectivity index (χ1n) is 9.22. The first-order chi connectivity index (χ1) is 13.5. The maximum atomic E-state index is 11.3. The molecule has 1 fully saturated rings. The smallest absolute Gasteiger partial charge is 0.335 e. The summed E-state index contributed by atoms with van der Waals surface area (Å²) in [5, 5.41) is 13.8. The summed E-state index contributed by atoms with van der Waals surface area (Å²) in [6.07, 6.45) is 3.58. The Hall–Kier alpha value is -2.22. The number of aromatic nitrogens is 2. The molecule has 4 rings (SSSR count). The molecular weight excluding hydrogens is 396 g/mol. The molecule has 0 aliphatic carbocycles. The Kier molecular flexibility index (Phi) is 5.48. The molecule has 0 amide bonds. The summed E-state index contributed by atoms with van der Waals surface area (Å²) in [7, 11) is 0. The minimum Gasteiger partial charge on any atom is -0.478 e. The second-order valence-electron chi connectivity index (χ2n) is 7.08. The molecule has 0 radical (unpaired) electrons. The lowest BCUT2D eigenvalue weighted by Gasteiger charge is -2.33. The van der Waals surface area contributed by atoms with Crippen LogP contribution in [0, 0.1) is 6.92 Å². The summed E-state index contributed by atoms with van der Waals surface area (Å²) < 4.78 is 0.715. The molecule has 8 heteroatoms. The number of anilines is 1. The fraction of sp³-hybridized carbons (Fsp3) is 0.350. The van der Waals surface area contributed by atoms with Crippen LogP contribution in [0.3, 0.4) is 0 Å². The Morgan fingerprint density at radius 3 is 2.89 bits per heavy atom. The van der Waals surface area contributed by atoms with Crippen LogP contribution in [0.1, 0.15) is 34.3 Å². The zero-order valence-electron chi connectivity index (χ0n) is 15.5. The van der Waals surface area contributed by atoms with E-state index >= 15 is 0 Å². The van der Waals surface area contributed by atoms with E-state index in [4.69, 9.17) is 11.6 Å². The highest BCUT2D eigenvalue weighted by Gasteiger charge is 2.21. The highest BCUT2D eigenvalue weighted by atomic mass is 35.5. The summed E-state index contributed by atoms with van der Waals surface area (Å²) in [6, 6.07) is 7.77. The number of benzene rings is 1. The van der Waals surface area contributed by atoms with E-state index in [-0.39, 0.29) is 0 Å². The van der Waals surface area contributed by atoms with Gasteiger partial charge in [-0.2, -0.15) is 0 Å². The second-order valence-corrected chi connectivity index (χ2v) is 8.74. The van der Waals surface area contributed by atoms with E-state index in [1.54, 1.807) is 12.4 Å². The molecule has 0 saturated carbocycles. The van der Waals surface area contributed by atoms with E-state index in [1.807, 2.05) is 25.1 Å². The number of likely N-dealkylation sites (tertiary alicyclic amines) is 1. The molecule has 146 valence electrons. The SMILES string of the molecule is Cc1c(CN2CCC(Nc3ncnc4sc(Cl)cc34)CC2)cccc1C(=O)O. The predicted octanol–water partition coefficient (Wildman–Crippen LogP) is 4.43. The number of hydrogen-bond acceptors (Lipinski definition) is 6. The van der Waals surface area contributed by atoms with Crippen LogP contribution in [-0.4, -0.2) is 45.1 Å². The van der Waals surface area contributed by atoms with Crippen LogP contribution in [0.5, 0.6) is 0 Å². The molecule has 0 atom stereocenters. The quantitative estimate of drug-likeness (QED) is 0.640. The highest BCUT2D eigenvalue weighted by Crippen LogP contribution is 2.32.